The molecule has 5 aromatic carbocycles. The highest BCUT2D eigenvalue weighted by molar-refractivity contribution is 6.36. The van der Waals surface area contributed by atoms with E-state index in [4.69, 9.17) is 27.9 Å². The van der Waals surface area contributed by atoms with Gasteiger partial charge < -0.3 is 10.1 Å². The third kappa shape index (κ3) is 3.65. The second kappa shape index (κ2) is 9.68. The Morgan fingerprint density at radius 1 is 0.682 bits per heavy atom. The normalized spacial score (nSPS) is 24.5. The number of hydrogen-bond donors (Lipinski definition) is 1. The molecule has 5 aromatic rings. The summed E-state index contributed by atoms with van der Waals surface area (Å²) in [5.74, 6) is -2.09. The van der Waals surface area contributed by atoms with Gasteiger partial charge in [-0.25, -0.2) is 0 Å². The summed E-state index contributed by atoms with van der Waals surface area (Å²) in [6.07, 6.45) is 0. The topological polar surface area (TPSA) is 75.7 Å². The average molecular weight is 620 g/mol. The van der Waals surface area contributed by atoms with Crippen molar-refractivity contribution in [1.29, 1.82) is 0 Å². The van der Waals surface area contributed by atoms with Crippen molar-refractivity contribution in [3.05, 3.63) is 138 Å². The maximum Gasteiger partial charge on any atom is 0.244 e. The van der Waals surface area contributed by atoms with Gasteiger partial charge >= 0.3 is 0 Å². The van der Waals surface area contributed by atoms with Crippen LogP contribution in [-0.2, 0) is 24.1 Å². The van der Waals surface area contributed by atoms with Crippen molar-refractivity contribution in [2.45, 2.75) is 9.75 Å². The lowest BCUT2D eigenvalue weighted by molar-refractivity contribution is -0.142. The standard InChI is InChI=1S/C36H24Cl2N2O4/c37-35-25-11-3-4-12-26(25)36(38,28-14-6-5-13-27(28)35)32-31(35)33(42)40(34(32)43)20-30(41)39-22-16-18-23(19-17-22)44-29-15-7-9-21-8-1-2-10-24(21)29/h1-19,31-32H,20H2,(H,39,41)/t31-,32-,35?,36?/m0/s1. The molecular weight excluding hydrogens is 595 g/mol. The van der Waals surface area contributed by atoms with Gasteiger partial charge in [0, 0.05) is 11.1 Å². The number of amides is 3. The van der Waals surface area contributed by atoms with Gasteiger partial charge in [-0.05, 0) is 58.0 Å². The van der Waals surface area contributed by atoms with Crippen LogP contribution in [0, 0.1) is 11.8 Å². The Morgan fingerprint density at radius 2 is 1.18 bits per heavy atom. The molecule has 3 aliphatic carbocycles. The van der Waals surface area contributed by atoms with Crippen LogP contribution in [0.1, 0.15) is 22.3 Å². The third-order valence-corrected chi connectivity index (χ3v) is 10.4. The van der Waals surface area contributed by atoms with Crippen molar-refractivity contribution in [2.24, 2.45) is 11.8 Å². The number of likely N-dealkylation sites (tertiary alicyclic amines) is 1. The molecule has 0 radical (unpaired) electrons. The molecule has 0 unspecified atom stereocenters. The van der Waals surface area contributed by atoms with Gasteiger partial charge in [-0.3, -0.25) is 19.3 Å². The Hall–Kier alpha value is -4.65. The van der Waals surface area contributed by atoms with Gasteiger partial charge in [-0.15, -0.1) is 23.2 Å². The van der Waals surface area contributed by atoms with Crippen LogP contribution in [0.5, 0.6) is 11.5 Å². The number of carbonyl (C=O) groups excluding carboxylic acids is 3. The van der Waals surface area contributed by atoms with Crippen LogP contribution in [0.2, 0.25) is 0 Å². The van der Waals surface area contributed by atoms with E-state index in [0.717, 1.165) is 43.7 Å². The van der Waals surface area contributed by atoms with Crippen LogP contribution in [0.15, 0.2) is 115 Å². The molecule has 1 saturated heterocycles. The van der Waals surface area contributed by atoms with Gasteiger partial charge in [0.1, 0.15) is 27.8 Å². The number of hydrogen-bond acceptors (Lipinski definition) is 4. The van der Waals surface area contributed by atoms with Gasteiger partial charge in [-0.2, -0.15) is 0 Å². The molecule has 216 valence electrons. The summed E-state index contributed by atoms with van der Waals surface area (Å²) in [4.78, 5) is 39.6. The highest BCUT2D eigenvalue weighted by Crippen LogP contribution is 2.69. The van der Waals surface area contributed by atoms with Crippen LogP contribution in [0.4, 0.5) is 5.69 Å². The van der Waals surface area contributed by atoms with Crippen LogP contribution in [-0.4, -0.2) is 29.2 Å². The maximum atomic E-state index is 14.0. The lowest BCUT2D eigenvalue weighted by atomic mass is 9.54. The first-order chi connectivity index (χ1) is 21.3. The average Bonchev–Trinajstić information content (AvgIpc) is 3.31. The van der Waals surface area contributed by atoms with Gasteiger partial charge in [0.2, 0.25) is 17.7 Å². The second-order valence-electron chi connectivity index (χ2n) is 11.4. The molecule has 0 saturated carbocycles. The summed E-state index contributed by atoms with van der Waals surface area (Å²) < 4.78 is 6.10. The first-order valence-electron chi connectivity index (χ1n) is 14.3. The van der Waals surface area contributed by atoms with E-state index in [2.05, 4.69) is 5.32 Å². The second-order valence-corrected chi connectivity index (χ2v) is 12.6. The van der Waals surface area contributed by atoms with Crippen molar-refractivity contribution < 1.29 is 19.1 Å². The molecule has 8 heteroatoms. The smallest absolute Gasteiger partial charge is 0.244 e. The molecule has 0 aromatic heterocycles. The largest absolute Gasteiger partial charge is 0.457 e. The zero-order chi connectivity index (χ0) is 30.2. The Labute approximate surface area is 263 Å². The number of fused-ring (bicyclic) bond motifs is 1. The Balaban J connectivity index is 1.03. The number of imide groups is 1. The van der Waals surface area contributed by atoms with E-state index in [0.29, 0.717) is 11.4 Å². The molecule has 4 aliphatic rings. The predicted molar refractivity (Wildman–Crippen MR) is 169 cm³/mol. The zero-order valence-corrected chi connectivity index (χ0v) is 24.7. The van der Waals surface area contributed by atoms with Crippen molar-refractivity contribution in [1.82, 2.24) is 4.90 Å². The van der Waals surface area contributed by atoms with Crippen LogP contribution in [0.3, 0.4) is 0 Å². The van der Waals surface area contributed by atoms with E-state index in [-0.39, 0.29) is 0 Å². The van der Waals surface area contributed by atoms with E-state index >= 15 is 0 Å². The number of benzene rings is 5. The van der Waals surface area contributed by atoms with Crippen molar-refractivity contribution in [3.8, 4) is 11.5 Å². The number of rotatable bonds is 5. The summed E-state index contributed by atoms with van der Waals surface area (Å²) in [5.41, 5.74) is 3.37. The zero-order valence-electron chi connectivity index (χ0n) is 23.2. The number of nitrogens with one attached hydrogen (secondary N) is 1. The fraction of sp³-hybridized carbons (Fsp3) is 0.139. The summed E-state index contributed by atoms with van der Waals surface area (Å²) in [7, 11) is 0. The van der Waals surface area contributed by atoms with E-state index in [9.17, 15) is 14.4 Å². The van der Waals surface area contributed by atoms with E-state index < -0.39 is 45.9 Å². The van der Waals surface area contributed by atoms with Crippen molar-refractivity contribution in [2.75, 3.05) is 11.9 Å². The maximum absolute atomic E-state index is 14.0. The van der Waals surface area contributed by atoms with E-state index in [1.165, 1.54) is 0 Å². The molecule has 6 nitrogen and oxygen atoms in total. The molecular formula is C36H24Cl2N2O4. The lowest BCUT2D eigenvalue weighted by Crippen LogP contribution is -2.57. The minimum Gasteiger partial charge on any atom is -0.457 e. The number of anilines is 1. The first-order valence-corrected chi connectivity index (χ1v) is 15.1. The summed E-state index contributed by atoms with van der Waals surface area (Å²) in [5, 5.41) is 4.86. The van der Waals surface area contributed by atoms with Gasteiger partial charge in [-0.1, -0.05) is 84.9 Å². The fourth-order valence-corrected chi connectivity index (χ4v) is 8.34. The van der Waals surface area contributed by atoms with Gasteiger partial charge in [0.05, 0.1) is 11.8 Å². The number of ether oxygens (including phenoxy) is 1. The van der Waals surface area contributed by atoms with E-state index in [1.54, 1.807) is 24.3 Å². The highest BCUT2D eigenvalue weighted by Gasteiger charge is 2.73. The SMILES string of the molecule is O=C(CN1C(=O)[C@@H]2[C@@H](C1=O)C1(Cl)c3ccccc3C2(Cl)c2ccccc21)Nc1ccc(Oc2cccc3ccccc23)cc1. The summed E-state index contributed by atoms with van der Waals surface area (Å²) >= 11 is 14.9. The summed E-state index contributed by atoms with van der Waals surface area (Å²) in [6, 6.07) is 35.6. The Bertz CT molecular complexity index is 1900. The molecule has 1 aliphatic heterocycles. The highest BCUT2D eigenvalue weighted by atomic mass is 35.5. The Morgan fingerprint density at radius 3 is 1.75 bits per heavy atom. The van der Waals surface area contributed by atoms with Crippen LogP contribution >= 0.6 is 23.2 Å². The molecule has 44 heavy (non-hydrogen) atoms. The number of nitrogens with zero attached hydrogens (tertiary/aromatic N) is 1. The molecule has 1 fully saturated rings. The minimum atomic E-state index is -1.29. The van der Waals surface area contributed by atoms with Gasteiger partial charge in [0.25, 0.3) is 0 Å². The lowest BCUT2D eigenvalue weighted by Gasteiger charge is -2.54. The summed E-state index contributed by atoms with van der Waals surface area (Å²) in [6.45, 7) is -0.453. The molecule has 3 amide bonds. The predicted octanol–water partition coefficient (Wildman–Crippen LogP) is 7.16. The quantitative estimate of drug-likeness (QED) is 0.167. The van der Waals surface area contributed by atoms with Crippen LogP contribution in [0.25, 0.3) is 10.8 Å². The van der Waals surface area contributed by atoms with Crippen molar-refractivity contribution >= 4 is 57.4 Å². The monoisotopic (exact) mass is 618 g/mol. The molecule has 1 heterocycles. The molecule has 1 N–H and O–H groups in total. The number of halogens is 2. The molecule has 2 atom stereocenters. The molecule has 9 rings (SSSR count). The van der Waals surface area contributed by atoms with Crippen LogP contribution < -0.4 is 10.1 Å². The number of alkyl halides is 2. The van der Waals surface area contributed by atoms with Crippen molar-refractivity contribution in [3.63, 3.8) is 0 Å². The fourth-order valence-electron chi connectivity index (χ4n) is 7.24. The Kier molecular flexibility index (Phi) is 5.93. The van der Waals surface area contributed by atoms with Gasteiger partial charge in [0.15, 0.2) is 0 Å². The minimum absolute atomic E-state index is 0.453. The molecule has 0 spiro atoms. The number of carbonyl (C=O) groups is 3. The third-order valence-electron chi connectivity index (χ3n) is 9.09. The first kappa shape index (κ1) is 26.9. The molecule has 2 bridgehead atoms. The van der Waals surface area contributed by atoms with E-state index in [1.807, 2.05) is 91.0 Å².